The summed E-state index contributed by atoms with van der Waals surface area (Å²) in [4.78, 5) is 42.5. The number of amides is 2. The van der Waals surface area contributed by atoms with Crippen LogP contribution in [-0.2, 0) is 27.4 Å². The maximum absolute atomic E-state index is 13.0. The molecule has 11 nitrogen and oxygen atoms in total. The number of benzene rings is 2. The van der Waals surface area contributed by atoms with Crippen molar-refractivity contribution in [3.8, 4) is 11.3 Å². The number of nitrogens with one attached hydrogen (secondary N) is 2. The van der Waals surface area contributed by atoms with Gasteiger partial charge in [0.05, 0.1) is 23.2 Å². The van der Waals surface area contributed by atoms with Crippen molar-refractivity contribution in [3.05, 3.63) is 88.6 Å². The molecule has 0 radical (unpaired) electrons. The Kier molecular flexibility index (Phi) is 10.3. The fourth-order valence-electron chi connectivity index (χ4n) is 5.51. The molecule has 2 unspecified atom stereocenters. The van der Waals surface area contributed by atoms with Gasteiger partial charge in [-0.25, -0.2) is 14.0 Å². The number of fused-ring (bicyclic) bond motifs is 1. The lowest BCUT2D eigenvalue weighted by Crippen LogP contribution is -2.37. The topological polar surface area (TPSA) is 162 Å². The average Bonchev–Trinajstić information content (AvgIpc) is 3.83. The summed E-state index contributed by atoms with van der Waals surface area (Å²) in [7, 11) is 1.57. The Balaban J connectivity index is 1.33. The van der Waals surface area contributed by atoms with Crippen LogP contribution < -0.4 is 10.6 Å². The molecular weight excluding hydrogens is 608 g/mol. The molecule has 2 heterocycles. The molecule has 2 aromatic carbocycles. The molecule has 0 bridgehead atoms. The molecule has 0 saturated heterocycles. The average molecular weight is 647 g/mol. The van der Waals surface area contributed by atoms with Gasteiger partial charge in [-0.15, -0.1) is 0 Å². The molecule has 1 saturated carbocycles. The summed E-state index contributed by atoms with van der Waals surface area (Å²) in [6, 6.07) is 16.9. The molecule has 1 aliphatic rings. The number of pyridine rings is 1. The Morgan fingerprint density at radius 1 is 1.11 bits per heavy atom. The van der Waals surface area contributed by atoms with Gasteiger partial charge < -0.3 is 20.2 Å². The van der Waals surface area contributed by atoms with Crippen LogP contribution in [0.15, 0.2) is 65.1 Å². The van der Waals surface area contributed by atoms with Gasteiger partial charge in [0.15, 0.2) is 6.04 Å². The summed E-state index contributed by atoms with van der Waals surface area (Å²) >= 11 is -2.32. The molecule has 46 heavy (non-hydrogen) atoms. The highest BCUT2D eigenvalue weighted by Crippen LogP contribution is 2.44. The van der Waals surface area contributed by atoms with Crippen molar-refractivity contribution < 1.29 is 32.7 Å². The first kappa shape index (κ1) is 33.0. The third kappa shape index (κ3) is 7.52. The van der Waals surface area contributed by atoms with E-state index in [1.165, 1.54) is 4.31 Å². The summed E-state index contributed by atoms with van der Waals surface area (Å²) in [5, 5.41) is 15.5. The third-order valence-corrected chi connectivity index (χ3v) is 9.04. The van der Waals surface area contributed by atoms with E-state index in [-0.39, 0.29) is 30.6 Å². The van der Waals surface area contributed by atoms with Crippen molar-refractivity contribution in [1.82, 2.24) is 19.9 Å². The van der Waals surface area contributed by atoms with Crippen molar-refractivity contribution in [2.45, 2.75) is 58.0 Å². The monoisotopic (exact) mass is 646 g/mol. The zero-order valence-electron chi connectivity index (χ0n) is 26.0. The number of aromatic nitrogens is 1. The van der Waals surface area contributed by atoms with Crippen LogP contribution in [-0.4, -0.2) is 54.5 Å². The van der Waals surface area contributed by atoms with Gasteiger partial charge in [-0.3, -0.25) is 14.1 Å². The fraction of sp³-hybridized carbons (Fsp3) is 0.353. The van der Waals surface area contributed by atoms with Gasteiger partial charge in [0.1, 0.15) is 5.76 Å². The van der Waals surface area contributed by atoms with Crippen molar-refractivity contribution >= 4 is 40.1 Å². The van der Waals surface area contributed by atoms with Crippen LogP contribution in [0.3, 0.4) is 0 Å². The zero-order valence-corrected chi connectivity index (χ0v) is 26.8. The Hall–Kier alpha value is -4.39. The second kappa shape index (κ2) is 14.4. The number of carbonyl (C=O) groups is 3. The Bertz CT molecular complexity index is 1750. The molecule has 242 valence electrons. The SMILES string of the molecule is CNC(=O)c1c(-c2ccc(C)cc2)oc2nc(CN(CCC[C@@H](C)C(=O)NC(C(=O)O)c3ccccc3)S(=O)O)c(C3CC3)cc12. The number of aliphatic carboxylic acids is 1. The second-order valence-corrected chi connectivity index (χ2v) is 12.7. The van der Waals surface area contributed by atoms with Crippen molar-refractivity contribution in [3.63, 3.8) is 0 Å². The van der Waals surface area contributed by atoms with E-state index in [1.54, 1.807) is 44.3 Å². The molecule has 0 spiro atoms. The van der Waals surface area contributed by atoms with Crippen LogP contribution in [0.1, 0.15) is 77.3 Å². The maximum atomic E-state index is 13.0. The predicted molar refractivity (Wildman–Crippen MR) is 174 cm³/mol. The van der Waals surface area contributed by atoms with Crippen LogP contribution in [0.25, 0.3) is 22.4 Å². The maximum Gasteiger partial charge on any atom is 0.330 e. The smallest absolute Gasteiger partial charge is 0.330 e. The molecular formula is C34H38N4O7S. The van der Waals surface area contributed by atoms with E-state index in [4.69, 9.17) is 9.40 Å². The zero-order chi connectivity index (χ0) is 33.0. The van der Waals surface area contributed by atoms with E-state index >= 15 is 0 Å². The molecule has 1 fully saturated rings. The lowest BCUT2D eigenvalue weighted by molar-refractivity contribution is -0.142. The van der Waals surface area contributed by atoms with Crippen LogP contribution in [0.5, 0.6) is 0 Å². The highest BCUT2D eigenvalue weighted by molar-refractivity contribution is 7.76. The minimum absolute atomic E-state index is 0.0659. The Labute approximate surface area is 269 Å². The standard InChI is InChI=1S/C34H38N4O7S/c1-20-11-13-24(14-12-20)30-28(32(40)35-3)26-18-25(22-15-16-22)27(36-33(26)45-30)19-38(46(43)44)17-7-8-21(2)31(39)37-29(34(41)42)23-9-5-4-6-10-23/h4-6,9-14,18,21-22,29H,7-8,15-17,19H2,1-3H3,(H,35,40)(H,37,39)(H,41,42)(H,43,44)/t21-,29?/m1/s1. The van der Waals surface area contributed by atoms with E-state index in [0.29, 0.717) is 40.8 Å². The summed E-state index contributed by atoms with van der Waals surface area (Å²) in [5.74, 6) is -1.75. The Morgan fingerprint density at radius 3 is 2.41 bits per heavy atom. The third-order valence-electron chi connectivity index (χ3n) is 8.29. The van der Waals surface area contributed by atoms with Crippen LogP contribution in [0, 0.1) is 12.8 Å². The highest BCUT2D eigenvalue weighted by atomic mass is 32.2. The van der Waals surface area contributed by atoms with Crippen LogP contribution >= 0.6 is 0 Å². The molecule has 4 N–H and O–H groups in total. The van der Waals surface area contributed by atoms with Gasteiger partial charge >= 0.3 is 5.97 Å². The first-order chi connectivity index (χ1) is 22.1. The lowest BCUT2D eigenvalue weighted by Gasteiger charge is -2.21. The van der Waals surface area contributed by atoms with Crippen molar-refractivity contribution in [1.29, 1.82) is 0 Å². The molecule has 12 heteroatoms. The van der Waals surface area contributed by atoms with Gasteiger partial charge in [0.25, 0.3) is 5.91 Å². The number of furan rings is 1. The van der Waals surface area contributed by atoms with Crippen molar-refractivity contribution in [2.24, 2.45) is 5.92 Å². The van der Waals surface area contributed by atoms with E-state index in [9.17, 15) is 28.3 Å². The number of carboxylic acids is 1. The Morgan fingerprint density at radius 2 is 1.80 bits per heavy atom. The largest absolute Gasteiger partial charge is 0.479 e. The van der Waals surface area contributed by atoms with Gasteiger partial charge in [0, 0.05) is 25.1 Å². The van der Waals surface area contributed by atoms with Gasteiger partial charge in [-0.1, -0.05) is 67.1 Å². The molecule has 1 aliphatic carbocycles. The highest BCUT2D eigenvalue weighted by Gasteiger charge is 2.32. The number of rotatable bonds is 14. The summed E-state index contributed by atoms with van der Waals surface area (Å²) < 4.78 is 30.2. The summed E-state index contributed by atoms with van der Waals surface area (Å²) in [6.45, 7) is 3.94. The first-order valence-electron chi connectivity index (χ1n) is 15.3. The van der Waals surface area contributed by atoms with Crippen LogP contribution in [0.2, 0.25) is 0 Å². The van der Waals surface area contributed by atoms with E-state index in [0.717, 1.165) is 29.5 Å². The number of carboxylic acid groups (broad SMARTS) is 1. The normalized spacial score (nSPS) is 15.0. The molecule has 2 amide bonds. The number of nitrogens with zero attached hydrogens (tertiary/aromatic N) is 2. The minimum atomic E-state index is -2.32. The molecule has 0 aliphatic heterocycles. The van der Waals surface area contributed by atoms with Gasteiger partial charge in [-0.2, -0.15) is 4.31 Å². The van der Waals surface area contributed by atoms with E-state index in [2.05, 4.69) is 10.6 Å². The number of hydrogen-bond donors (Lipinski definition) is 4. The van der Waals surface area contributed by atoms with E-state index in [1.807, 2.05) is 37.3 Å². The van der Waals surface area contributed by atoms with Gasteiger partial charge in [0.2, 0.25) is 22.9 Å². The van der Waals surface area contributed by atoms with Crippen LogP contribution in [0.4, 0.5) is 0 Å². The van der Waals surface area contributed by atoms with Crippen molar-refractivity contribution in [2.75, 3.05) is 13.6 Å². The summed E-state index contributed by atoms with van der Waals surface area (Å²) in [6.07, 6.45) is 2.68. The second-order valence-electron chi connectivity index (χ2n) is 11.7. The first-order valence-corrected chi connectivity index (χ1v) is 16.3. The molecule has 3 atom stereocenters. The lowest BCUT2D eigenvalue weighted by atomic mass is 10.0. The summed E-state index contributed by atoms with van der Waals surface area (Å²) in [5.41, 5.74) is 4.47. The number of aryl methyl sites for hydroxylation is 1. The van der Waals surface area contributed by atoms with Gasteiger partial charge in [-0.05, 0) is 55.7 Å². The minimum Gasteiger partial charge on any atom is -0.479 e. The van der Waals surface area contributed by atoms with E-state index < -0.39 is 35.1 Å². The predicted octanol–water partition coefficient (Wildman–Crippen LogP) is 5.34. The molecule has 5 rings (SSSR count). The number of hydrogen-bond acceptors (Lipinski definition) is 6. The molecule has 2 aromatic heterocycles. The quantitative estimate of drug-likeness (QED) is 0.134. The number of carbonyl (C=O) groups excluding carboxylic acids is 2. The molecule has 4 aromatic rings. The fourth-order valence-corrected chi connectivity index (χ4v) is 6.03.